The molecule has 4 rings (SSSR count). The van der Waals surface area contributed by atoms with Gasteiger partial charge in [0.05, 0.1) is 18.5 Å². The molecule has 1 aliphatic rings. The number of nitrogens with one attached hydrogen (secondary N) is 1. The molecule has 3 aromatic rings. The van der Waals surface area contributed by atoms with Gasteiger partial charge in [0.1, 0.15) is 17.3 Å². The van der Waals surface area contributed by atoms with E-state index in [1.54, 1.807) is 11.3 Å². The van der Waals surface area contributed by atoms with Crippen LogP contribution >= 0.6 is 11.3 Å². The molecule has 0 amide bonds. The normalized spacial score (nSPS) is 14.2. The second kappa shape index (κ2) is 9.55. The number of hydrogen-bond donors (Lipinski definition) is 2. The van der Waals surface area contributed by atoms with Gasteiger partial charge in [-0.25, -0.2) is 0 Å². The molecule has 0 aliphatic carbocycles. The molecule has 0 radical (unpaired) electrons. The number of ether oxygens (including phenoxy) is 1. The van der Waals surface area contributed by atoms with E-state index in [1.165, 1.54) is 4.88 Å². The van der Waals surface area contributed by atoms with E-state index in [0.717, 1.165) is 27.6 Å². The van der Waals surface area contributed by atoms with Gasteiger partial charge in [0, 0.05) is 31.1 Å². The highest BCUT2D eigenvalue weighted by Gasteiger charge is 2.39. The third-order valence-corrected chi connectivity index (χ3v) is 6.09. The monoisotopic (exact) mass is 471 g/mol. The van der Waals surface area contributed by atoms with Crippen LogP contribution in [0.25, 0.3) is 10.2 Å². The SMILES string of the molecule is CCCc1cc2c(N3CCn4c(nnc4C(F)(F)F)C3)nc(OCCNCCO)nc2s1. The fraction of sp³-hybridized carbons (Fsp3) is 0.579. The number of thiophene rings is 1. The first kappa shape index (κ1) is 22.7. The van der Waals surface area contributed by atoms with E-state index in [1.807, 2.05) is 11.0 Å². The highest BCUT2D eigenvalue weighted by atomic mass is 32.1. The Morgan fingerprint density at radius 3 is 2.81 bits per heavy atom. The van der Waals surface area contributed by atoms with Gasteiger partial charge in [-0.15, -0.1) is 21.5 Å². The highest BCUT2D eigenvalue weighted by molar-refractivity contribution is 7.18. The van der Waals surface area contributed by atoms with Crippen molar-refractivity contribution in [3.63, 3.8) is 0 Å². The van der Waals surface area contributed by atoms with Gasteiger partial charge in [-0.2, -0.15) is 23.1 Å². The fourth-order valence-electron chi connectivity index (χ4n) is 3.58. The summed E-state index contributed by atoms with van der Waals surface area (Å²) >= 11 is 1.57. The third kappa shape index (κ3) is 4.79. The first-order valence-corrected chi connectivity index (χ1v) is 11.2. The van der Waals surface area contributed by atoms with Crippen LogP contribution in [-0.2, 0) is 25.7 Å². The summed E-state index contributed by atoms with van der Waals surface area (Å²) in [5.41, 5.74) is 0. The Labute approximate surface area is 186 Å². The van der Waals surface area contributed by atoms with Crippen molar-refractivity contribution >= 4 is 27.4 Å². The molecule has 174 valence electrons. The smallest absolute Gasteiger partial charge is 0.451 e. The predicted octanol–water partition coefficient (Wildman–Crippen LogP) is 2.24. The number of aliphatic hydroxyl groups is 1. The van der Waals surface area contributed by atoms with Crippen molar-refractivity contribution in [1.82, 2.24) is 30.0 Å². The van der Waals surface area contributed by atoms with E-state index in [-0.39, 0.29) is 31.5 Å². The minimum Gasteiger partial charge on any atom is -0.462 e. The summed E-state index contributed by atoms with van der Waals surface area (Å²) in [6.07, 6.45) is -2.64. The molecule has 0 fully saturated rings. The van der Waals surface area contributed by atoms with Crippen LogP contribution in [0.1, 0.15) is 29.9 Å². The highest BCUT2D eigenvalue weighted by Crippen LogP contribution is 2.35. The first-order valence-electron chi connectivity index (χ1n) is 10.4. The van der Waals surface area contributed by atoms with Crippen LogP contribution in [0.4, 0.5) is 19.0 Å². The molecular weight excluding hydrogens is 447 g/mol. The number of aromatic nitrogens is 5. The van der Waals surface area contributed by atoms with Gasteiger partial charge in [-0.05, 0) is 12.5 Å². The molecule has 2 N–H and O–H groups in total. The topological polar surface area (TPSA) is 101 Å². The molecule has 1 aliphatic heterocycles. The van der Waals surface area contributed by atoms with Gasteiger partial charge >= 0.3 is 12.2 Å². The molecule has 13 heteroatoms. The fourth-order valence-corrected chi connectivity index (χ4v) is 4.69. The molecule has 0 bridgehead atoms. The van der Waals surface area contributed by atoms with Crippen molar-refractivity contribution in [2.24, 2.45) is 0 Å². The van der Waals surface area contributed by atoms with Crippen LogP contribution in [0.2, 0.25) is 0 Å². The summed E-state index contributed by atoms with van der Waals surface area (Å²) in [6, 6.07) is 2.26. The summed E-state index contributed by atoms with van der Waals surface area (Å²) in [7, 11) is 0. The van der Waals surface area contributed by atoms with Gasteiger partial charge in [0.25, 0.3) is 0 Å². The summed E-state index contributed by atoms with van der Waals surface area (Å²) < 4.78 is 46.3. The quantitative estimate of drug-likeness (QED) is 0.459. The Kier molecular flexibility index (Phi) is 6.76. The number of halogens is 3. The van der Waals surface area contributed by atoms with Gasteiger partial charge in [0.2, 0.25) is 5.82 Å². The van der Waals surface area contributed by atoms with E-state index < -0.39 is 12.0 Å². The van der Waals surface area contributed by atoms with Crippen LogP contribution in [-0.4, -0.2) is 62.7 Å². The summed E-state index contributed by atoms with van der Waals surface area (Å²) in [5.74, 6) is -0.107. The number of fused-ring (bicyclic) bond motifs is 2. The van der Waals surface area contributed by atoms with Gasteiger partial charge in [0.15, 0.2) is 5.82 Å². The molecular formula is C19H24F3N7O2S. The average molecular weight is 472 g/mol. The second-order valence-corrected chi connectivity index (χ2v) is 8.46. The lowest BCUT2D eigenvalue weighted by molar-refractivity contribution is -0.147. The molecule has 4 heterocycles. The number of rotatable bonds is 9. The zero-order chi connectivity index (χ0) is 22.7. The maximum atomic E-state index is 13.2. The zero-order valence-corrected chi connectivity index (χ0v) is 18.3. The van der Waals surface area contributed by atoms with E-state index >= 15 is 0 Å². The van der Waals surface area contributed by atoms with Crippen molar-refractivity contribution in [2.45, 2.75) is 39.0 Å². The van der Waals surface area contributed by atoms with E-state index in [9.17, 15) is 13.2 Å². The van der Waals surface area contributed by atoms with Gasteiger partial charge in [-0.3, -0.25) is 0 Å². The van der Waals surface area contributed by atoms with Crippen molar-refractivity contribution in [3.05, 3.63) is 22.6 Å². The van der Waals surface area contributed by atoms with Crippen LogP contribution in [0.5, 0.6) is 6.01 Å². The van der Waals surface area contributed by atoms with Crippen molar-refractivity contribution in [3.8, 4) is 6.01 Å². The largest absolute Gasteiger partial charge is 0.462 e. The molecule has 3 aromatic heterocycles. The zero-order valence-electron chi connectivity index (χ0n) is 17.5. The van der Waals surface area contributed by atoms with Crippen molar-refractivity contribution < 1.29 is 23.0 Å². The van der Waals surface area contributed by atoms with Gasteiger partial charge in [-0.1, -0.05) is 13.3 Å². The number of alkyl halides is 3. The Balaban J connectivity index is 1.62. The Bertz CT molecular complexity index is 1070. The molecule has 0 unspecified atom stereocenters. The van der Waals surface area contributed by atoms with Gasteiger partial charge < -0.3 is 24.6 Å². The molecule has 0 saturated heterocycles. The lowest BCUT2D eigenvalue weighted by Crippen LogP contribution is -2.36. The number of anilines is 1. The van der Waals surface area contributed by atoms with Crippen LogP contribution in [0.3, 0.4) is 0 Å². The minimum atomic E-state index is -4.54. The maximum absolute atomic E-state index is 13.2. The lowest BCUT2D eigenvalue weighted by Gasteiger charge is -2.29. The second-order valence-electron chi connectivity index (χ2n) is 7.34. The number of aliphatic hydroxyl groups excluding tert-OH is 1. The molecule has 0 aromatic carbocycles. The molecule has 32 heavy (non-hydrogen) atoms. The molecule has 0 spiro atoms. The van der Waals surface area contributed by atoms with Crippen molar-refractivity contribution in [1.29, 1.82) is 0 Å². The summed E-state index contributed by atoms with van der Waals surface area (Å²) in [6.45, 7) is 4.04. The van der Waals surface area contributed by atoms with Crippen LogP contribution in [0, 0.1) is 0 Å². The first-order chi connectivity index (χ1) is 15.4. The molecule has 0 saturated carbocycles. The Morgan fingerprint density at radius 1 is 1.22 bits per heavy atom. The van der Waals surface area contributed by atoms with E-state index in [4.69, 9.17) is 9.84 Å². The lowest BCUT2D eigenvalue weighted by atomic mass is 10.2. The average Bonchev–Trinajstić information content (AvgIpc) is 3.36. The number of aryl methyl sites for hydroxylation is 1. The standard InChI is InChI=1S/C19H24F3N7O2S/c1-2-3-12-10-13-15(24-18(25-16(13)32-12)31-9-5-23-4-8-30)28-6-7-29-14(11-28)26-27-17(29)19(20,21)22/h10,23,30H,2-9,11H2,1H3. The Morgan fingerprint density at radius 2 is 2.06 bits per heavy atom. The van der Waals surface area contributed by atoms with E-state index in [0.29, 0.717) is 32.1 Å². The van der Waals surface area contributed by atoms with Crippen LogP contribution < -0.4 is 15.0 Å². The Hall–Kier alpha value is -2.51. The molecule has 0 atom stereocenters. The van der Waals surface area contributed by atoms with Crippen molar-refractivity contribution in [2.75, 3.05) is 37.7 Å². The maximum Gasteiger partial charge on any atom is 0.451 e. The number of hydrogen-bond acceptors (Lipinski definition) is 9. The predicted molar refractivity (Wildman–Crippen MR) is 113 cm³/mol. The number of nitrogens with zero attached hydrogens (tertiary/aromatic N) is 6. The summed E-state index contributed by atoms with van der Waals surface area (Å²) in [5, 5.41) is 19.8. The summed E-state index contributed by atoms with van der Waals surface area (Å²) in [4.78, 5) is 13.0. The third-order valence-electron chi connectivity index (χ3n) is 5.00. The van der Waals surface area contributed by atoms with Crippen LogP contribution in [0.15, 0.2) is 6.07 Å². The van der Waals surface area contributed by atoms with E-state index in [2.05, 4.69) is 32.4 Å². The molecule has 9 nitrogen and oxygen atoms in total. The minimum absolute atomic E-state index is 0.0393.